The molecule has 2 heterocycles. The van der Waals surface area contributed by atoms with E-state index in [0.29, 0.717) is 32.4 Å². The van der Waals surface area contributed by atoms with E-state index in [1.54, 1.807) is 0 Å². The van der Waals surface area contributed by atoms with E-state index in [1.807, 2.05) is 32.6 Å². The summed E-state index contributed by atoms with van der Waals surface area (Å²) in [5, 5.41) is 19.8. The Morgan fingerprint density at radius 1 is 1.38 bits per heavy atom. The monoisotopic (exact) mass is 337 g/mol. The minimum Gasteiger partial charge on any atom is -0.444 e. The van der Waals surface area contributed by atoms with Crippen LogP contribution in [0.4, 0.5) is 4.79 Å². The predicted molar refractivity (Wildman–Crippen MR) is 91.4 cm³/mol. The Labute approximate surface area is 145 Å². The van der Waals surface area contributed by atoms with Crippen molar-refractivity contribution in [3.05, 3.63) is 0 Å². The molecule has 136 valence electrons. The first-order valence-corrected chi connectivity index (χ1v) is 9.00. The second-order valence-corrected chi connectivity index (χ2v) is 8.18. The molecule has 0 aromatic heterocycles. The van der Waals surface area contributed by atoms with Gasteiger partial charge in [-0.05, 0) is 53.0 Å². The summed E-state index contributed by atoms with van der Waals surface area (Å²) in [7, 11) is 0. The van der Waals surface area contributed by atoms with Gasteiger partial charge in [0.15, 0.2) is 0 Å². The Hall–Kier alpha value is -1.32. The fraction of sp³-hybridized carbons (Fsp3) is 0.889. The number of hydrogen-bond donors (Lipinski definition) is 1. The number of likely N-dealkylation sites (N-methyl/N-ethyl adjacent to an activating group) is 1. The smallest absolute Gasteiger partial charge is 0.410 e. The Morgan fingerprint density at radius 2 is 1.96 bits per heavy atom. The molecule has 2 fully saturated rings. The molecule has 1 N–H and O–H groups in total. The van der Waals surface area contributed by atoms with Crippen LogP contribution in [-0.4, -0.2) is 63.9 Å². The van der Waals surface area contributed by atoms with Gasteiger partial charge in [-0.1, -0.05) is 6.92 Å². The standard InChI is InChI=1S/C18H31N3O3/c1-5-20(10-6-9-19)13-18(23)11-14-7-8-15(12-18)21(14)16(22)24-17(2,3)4/h14-15,23H,5-8,10-13H2,1-4H3. The van der Waals surface area contributed by atoms with Crippen LogP contribution in [0.5, 0.6) is 0 Å². The summed E-state index contributed by atoms with van der Waals surface area (Å²) in [5.74, 6) is 0. The molecule has 2 rings (SSSR count). The van der Waals surface area contributed by atoms with Crippen LogP contribution in [-0.2, 0) is 4.74 Å². The number of hydrogen-bond acceptors (Lipinski definition) is 5. The van der Waals surface area contributed by atoms with Crippen LogP contribution in [0.3, 0.4) is 0 Å². The Morgan fingerprint density at radius 3 is 2.42 bits per heavy atom. The highest BCUT2D eigenvalue weighted by molar-refractivity contribution is 5.69. The maximum atomic E-state index is 12.5. The lowest BCUT2D eigenvalue weighted by molar-refractivity contribution is -0.0728. The van der Waals surface area contributed by atoms with Crippen molar-refractivity contribution in [3.8, 4) is 6.07 Å². The van der Waals surface area contributed by atoms with Gasteiger partial charge in [-0.25, -0.2) is 4.79 Å². The molecular formula is C18H31N3O3. The minimum atomic E-state index is -0.782. The first kappa shape index (κ1) is 19.0. The normalized spacial score (nSPS) is 29.6. The molecule has 2 unspecified atom stereocenters. The minimum absolute atomic E-state index is 0.0540. The number of fused-ring (bicyclic) bond motifs is 2. The molecule has 0 spiro atoms. The molecule has 2 atom stereocenters. The second kappa shape index (κ2) is 7.28. The predicted octanol–water partition coefficient (Wildman–Crippen LogP) is 2.51. The summed E-state index contributed by atoms with van der Waals surface area (Å²) in [5.41, 5.74) is -1.28. The first-order chi connectivity index (χ1) is 11.2. The average Bonchev–Trinajstić information content (AvgIpc) is 2.75. The van der Waals surface area contributed by atoms with Crippen molar-refractivity contribution in [3.63, 3.8) is 0 Å². The van der Waals surface area contributed by atoms with Crippen molar-refractivity contribution in [2.45, 2.75) is 83.1 Å². The van der Waals surface area contributed by atoms with E-state index in [1.165, 1.54) is 0 Å². The van der Waals surface area contributed by atoms with E-state index in [2.05, 4.69) is 11.0 Å². The summed E-state index contributed by atoms with van der Waals surface area (Å²) >= 11 is 0. The molecule has 0 saturated carbocycles. The highest BCUT2D eigenvalue weighted by Gasteiger charge is 2.50. The van der Waals surface area contributed by atoms with Crippen LogP contribution >= 0.6 is 0 Å². The number of rotatable bonds is 5. The van der Waals surface area contributed by atoms with E-state index in [0.717, 1.165) is 19.4 Å². The molecular weight excluding hydrogens is 306 g/mol. The summed E-state index contributed by atoms with van der Waals surface area (Å²) in [6.07, 6.45) is 3.25. The van der Waals surface area contributed by atoms with Gasteiger partial charge in [0.1, 0.15) is 5.60 Å². The number of amides is 1. The number of aliphatic hydroxyl groups is 1. The average molecular weight is 337 g/mol. The van der Waals surface area contributed by atoms with E-state index in [9.17, 15) is 9.90 Å². The number of nitrogens with zero attached hydrogens (tertiary/aromatic N) is 3. The maximum Gasteiger partial charge on any atom is 0.410 e. The largest absolute Gasteiger partial charge is 0.444 e. The highest BCUT2D eigenvalue weighted by Crippen LogP contribution is 2.41. The Bertz CT molecular complexity index is 481. The van der Waals surface area contributed by atoms with Crippen molar-refractivity contribution in [2.75, 3.05) is 19.6 Å². The van der Waals surface area contributed by atoms with Gasteiger partial charge in [-0.15, -0.1) is 0 Å². The fourth-order valence-electron chi connectivity index (χ4n) is 4.04. The molecule has 0 aromatic carbocycles. The summed E-state index contributed by atoms with van der Waals surface area (Å²) in [6, 6.07) is 2.27. The lowest BCUT2D eigenvalue weighted by Gasteiger charge is -2.45. The van der Waals surface area contributed by atoms with Crippen LogP contribution in [0.2, 0.25) is 0 Å². The topological polar surface area (TPSA) is 76.8 Å². The van der Waals surface area contributed by atoms with Crippen LogP contribution < -0.4 is 0 Å². The molecule has 2 aliphatic heterocycles. The molecule has 2 bridgehead atoms. The van der Waals surface area contributed by atoms with Gasteiger partial charge < -0.3 is 14.7 Å². The highest BCUT2D eigenvalue weighted by atomic mass is 16.6. The first-order valence-electron chi connectivity index (χ1n) is 9.00. The third kappa shape index (κ3) is 4.61. The van der Waals surface area contributed by atoms with Gasteiger partial charge in [0.25, 0.3) is 0 Å². The summed E-state index contributed by atoms with van der Waals surface area (Å²) in [4.78, 5) is 16.5. The zero-order valence-electron chi connectivity index (χ0n) is 15.4. The SMILES string of the molecule is CCN(CCC#N)CC1(O)CC2CCC(C1)N2C(=O)OC(C)(C)C. The lowest BCUT2D eigenvalue weighted by Crippen LogP contribution is -2.57. The molecule has 0 aromatic rings. The van der Waals surface area contributed by atoms with E-state index in [4.69, 9.17) is 10.00 Å². The van der Waals surface area contributed by atoms with E-state index < -0.39 is 11.2 Å². The number of carbonyl (C=O) groups excluding carboxylic acids is 1. The molecule has 24 heavy (non-hydrogen) atoms. The number of ether oxygens (including phenoxy) is 1. The van der Waals surface area contributed by atoms with Crippen molar-refractivity contribution >= 4 is 6.09 Å². The zero-order chi connectivity index (χ0) is 18.0. The van der Waals surface area contributed by atoms with E-state index >= 15 is 0 Å². The summed E-state index contributed by atoms with van der Waals surface area (Å²) < 4.78 is 5.54. The van der Waals surface area contributed by atoms with Crippen molar-refractivity contribution < 1.29 is 14.6 Å². The Balaban J connectivity index is 2.01. The lowest BCUT2D eigenvalue weighted by atomic mass is 9.85. The second-order valence-electron chi connectivity index (χ2n) is 8.18. The third-order valence-electron chi connectivity index (χ3n) is 4.96. The molecule has 2 aliphatic rings. The van der Waals surface area contributed by atoms with Crippen LogP contribution in [0.15, 0.2) is 0 Å². The van der Waals surface area contributed by atoms with Crippen molar-refractivity contribution in [2.24, 2.45) is 0 Å². The van der Waals surface area contributed by atoms with Gasteiger partial charge in [0.05, 0.1) is 11.7 Å². The quantitative estimate of drug-likeness (QED) is 0.834. The molecule has 2 saturated heterocycles. The van der Waals surface area contributed by atoms with E-state index in [-0.39, 0.29) is 18.2 Å². The van der Waals surface area contributed by atoms with Crippen LogP contribution in [0.25, 0.3) is 0 Å². The van der Waals surface area contributed by atoms with Crippen LogP contribution in [0.1, 0.15) is 59.8 Å². The third-order valence-corrected chi connectivity index (χ3v) is 4.96. The zero-order valence-corrected chi connectivity index (χ0v) is 15.4. The molecule has 6 heteroatoms. The van der Waals surface area contributed by atoms with Gasteiger partial charge >= 0.3 is 6.09 Å². The summed E-state index contributed by atoms with van der Waals surface area (Å²) in [6.45, 7) is 9.74. The van der Waals surface area contributed by atoms with Crippen molar-refractivity contribution in [1.29, 1.82) is 5.26 Å². The molecule has 6 nitrogen and oxygen atoms in total. The number of nitriles is 1. The van der Waals surface area contributed by atoms with Gasteiger partial charge in [-0.2, -0.15) is 5.26 Å². The molecule has 0 aliphatic carbocycles. The molecule has 0 radical (unpaired) electrons. The van der Waals surface area contributed by atoms with Gasteiger partial charge in [0, 0.05) is 31.6 Å². The van der Waals surface area contributed by atoms with Crippen LogP contribution in [0, 0.1) is 11.3 Å². The van der Waals surface area contributed by atoms with Crippen molar-refractivity contribution in [1.82, 2.24) is 9.80 Å². The fourth-order valence-corrected chi connectivity index (χ4v) is 4.04. The number of piperidine rings is 1. The molecule has 1 amide bonds. The van der Waals surface area contributed by atoms with Gasteiger partial charge in [0.2, 0.25) is 0 Å². The van der Waals surface area contributed by atoms with Gasteiger partial charge in [-0.3, -0.25) is 4.90 Å². The Kier molecular flexibility index (Phi) is 5.77. The number of carbonyl (C=O) groups is 1. The maximum absolute atomic E-state index is 12.5.